The number of likely N-dealkylation sites (N-methyl/N-ethyl adjacent to an activating group) is 3. The zero-order valence-corrected chi connectivity index (χ0v) is 26.3. The van der Waals surface area contributed by atoms with E-state index < -0.39 is 0 Å². The Labute approximate surface area is 224 Å². The normalized spacial score (nSPS) is 13.0. The van der Waals surface area contributed by atoms with Crippen molar-refractivity contribution >= 4 is 0 Å². The van der Waals surface area contributed by atoms with Crippen molar-refractivity contribution in [1.82, 2.24) is 0 Å². The maximum absolute atomic E-state index is 2.46. The Morgan fingerprint density at radius 1 is 0.257 bits per heavy atom. The molecule has 0 aromatic heterocycles. The van der Waals surface area contributed by atoms with Gasteiger partial charge >= 0.3 is 0 Å². The molecule has 212 valence electrons. The standard InChI is InChI=1S/C32H72N3/c1-9-11-13-15-17-19-21-23-25-27-33(3,4)29-31-35(7,8)32-30-34(5,6)28-26-24-22-20-18-16-14-12-10-2/h9-32H2,1-8H3/q+3. The molecule has 0 heterocycles. The van der Waals surface area contributed by atoms with Crippen LogP contribution >= 0.6 is 0 Å². The Bertz CT molecular complexity index is 416. The van der Waals surface area contributed by atoms with Crippen LogP contribution < -0.4 is 0 Å². The molecular weight excluding hydrogens is 426 g/mol. The SMILES string of the molecule is CCCCCCCCCCC[N+](C)(C)CC[N+](C)(C)CC[N+](C)(C)CCCCCCCCCCC. The highest BCUT2D eigenvalue weighted by atomic mass is 15.4. The van der Waals surface area contributed by atoms with Gasteiger partial charge in [0.1, 0.15) is 26.2 Å². The predicted octanol–water partition coefficient (Wildman–Crippen LogP) is 8.28. The Balaban J connectivity index is 3.91. The van der Waals surface area contributed by atoms with Gasteiger partial charge in [-0.15, -0.1) is 0 Å². The van der Waals surface area contributed by atoms with E-state index in [1.54, 1.807) is 0 Å². The predicted molar refractivity (Wildman–Crippen MR) is 160 cm³/mol. The van der Waals surface area contributed by atoms with Gasteiger partial charge in [-0.3, -0.25) is 0 Å². The van der Waals surface area contributed by atoms with Crippen molar-refractivity contribution in [3.05, 3.63) is 0 Å². The van der Waals surface area contributed by atoms with Crippen molar-refractivity contribution in [2.45, 2.75) is 129 Å². The number of nitrogens with zero attached hydrogens (tertiary/aromatic N) is 3. The van der Waals surface area contributed by atoms with Gasteiger partial charge < -0.3 is 13.4 Å². The molecule has 0 radical (unpaired) electrons. The molecule has 0 aromatic rings. The lowest BCUT2D eigenvalue weighted by molar-refractivity contribution is -0.967. The van der Waals surface area contributed by atoms with E-state index in [2.05, 4.69) is 56.1 Å². The third kappa shape index (κ3) is 24.0. The maximum Gasteiger partial charge on any atom is 0.128 e. The zero-order chi connectivity index (χ0) is 26.5. The van der Waals surface area contributed by atoms with Gasteiger partial charge in [0.05, 0.1) is 55.4 Å². The first-order valence-corrected chi connectivity index (χ1v) is 16.0. The van der Waals surface area contributed by atoms with Crippen LogP contribution in [0.5, 0.6) is 0 Å². The van der Waals surface area contributed by atoms with E-state index in [-0.39, 0.29) is 0 Å². The fourth-order valence-electron chi connectivity index (χ4n) is 5.12. The first-order chi connectivity index (χ1) is 16.5. The summed E-state index contributed by atoms with van der Waals surface area (Å²) in [5.41, 5.74) is 0. The quantitative estimate of drug-likeness (QED) is 0.0831. The Kier molecular flexibility index (Phi) is 20.8. The molecule has 35 heavy (non-hydrogen) atoms. The smallest absolute Gasteiger partial charge is 0.128 e. The number of quaternary nitrogens is 3. The molecular formula is C32H72N3+3. The molecule has 0 fully saturated rings. The van der Waals surface area contributed by atoms with Gasteiger partial charge in [0, 0.05) is 0 Å². The summed E-state index contributed by atoms with van der Waals surface area (Å²) in [6.07, 6.45) is 25.7. The monoisotopic (exact) mass is 499 g/mol. The van der Waals surface area contributed by atoms with Crippen molar-refractivity contribution in [2.75, 3.05) is 81.6 Å². The summed E-state index contributed by atoms with van der Waals surface area (Å²) in [6, 6.07) is 0. The highest BCUT2D eigenvalue weighted by Crippen LogP contribution is 2.13. The summed E-state index contributed by atoms with van der Waals surface area (Å²) >= 11 is 0. The highest BCUT2D eigenvalue weighted by molar-refractivity contribution is 4.49. The van der Waals surface area contributed by atoms with Crippen LogP contribution in [0.2, 0.25) is 0 Å². The molecule has 0 bridgehead atoms. The van der Waals surface area contributed by atoms with Gasteiger partial charge in [0.15, 0.2) is 0 Å². The molecule has 3 nitrogen and oxygen atoms in total. The van der Waals surface area contributed by atoms with E-state index >= 15 is 0 Å². The average Bonchev–Trinajstić information content (AvgIpc) is 2.80. The van der Waals surface area contributed by atoms with Gasteiger partial charge in [0.2, 0.25) is 0 Å². The van der Waals surface area contributed by atoms with E-state index in [1.807, 2.05) is 0 Å². The molecule has 0 aromatic carbocycles. The van der Waals surface area contributed by atoms with Crippen LogP contribution in [-0.2, 0) is 0 Å². The number of unbranched alkanes of at least 4 members (excludes halogenated alkanes) is 16. The van der Waals surface area contributed by atoms with Crippen LogP contribution in [0.3, 0.4) is 0 Å². The zero-order valence-electron chi connectivity index (χ0n) is 26.3. The molecule has 0 saturated heterocycles. The molecule has 0 aliphatic carbocycles. The molecule has 0 amide bonds. The number of hydrogen-bond acceptors (Lipinski definition) is 0. The lowest BCUT2D eigenvalue weighted by atomic mass is 10.1. The van der Waals surface area contributed by atoms with Crippen molar-refractivity contribution in [3.63, 3.8) is 0 Å². The van der Waals surface area contributed by atoms with Crippen LogP contribution in [0.1, 0.15) is 129 Å². The van der Waals surface area contributed by atoms with E-state index in [4.69, 9.17) is 0 Å². The molecule has 0 spiro atoms. The van der Waals surface area contributed by atoms with Gasteiger partial charge in [-0.1, -0.05) is 104 Å². The minimum Gasteiger partial charge on any atom is -0.324 e. The van der Waals surface area contributed by atoms with Crippen LogP contribution in [0.25, 0.3) is 0 Å². The second-order valence-electron chi connectivity index (χ2n) is 13.8. The lowest BCUT2D eigenvalue weighted by Gasteiger charge is -2.38. The van der Waals surface area contributed by atoms with Gasteiger partial charge in [-0.2, -0.15) is 0 Å². The molecule has 0 aliphatic rings. The molecule has 0 aliphatic heterocycles. The summed E-state index contributed by atoms with van der Waals surface area (Å²) in [5, 5.41) is 0. The third-order valence-electron chi connectivity index (χ3n) is 8.36. The van der Waals surface area contributed by atoms with Crippen LogP contribution in [0, 0.1) is 0 Å². The minimum atomic E-state index is 1.17. The van der Waals surface area contributed by atoms with Crippen molar-refractivity contribution in [1.29, 1.82) is 0 Å². The van der Waals surface area contributed by atoms with E-state index in [9.17, 15) is 0 Å². The molecule has 0 rings (SSSR count). The third-order valence-corrected chi connectivity index (χ3v) is 8.36. The molecule has 0 N–H and O–H groups in total. The Hall–Kier alpha value is -0.120. The summed E-state index contributed by atoms with van der Waals surface area (Å²) in [7, 11) is 14.7. The summed E-state index contributed by atoms with van der Waals surface area (Å²) in [4.78, 5) is 0. The van der Waals surface area contributed by atoms with E-state index in [1.165, 1.54) is 168 Å². The second kappa shape index (κ2) is 20.9. The number of hydrogen-bond donors (Lipinski definition) is 0. The first kappa shape index (κ1) is 34.9. The van der Waals surface area contributed by atoms with Crippen molar-refractivity contribution < 1.29 is 13.4 Å². The largest absolute Gasteiger partial charge is 0.324 e. The average molecular weight is 499 g/mol. The molecule has 0 atom stereocenters. The Morgan fingerprint density at radius 3 is 0.714 bits per heavy atom. The van der Waals surface area contributed by atoms with E-state index in [0.29, 0.717) is 0 Å². The van der Waals surface area contributed by atoms with Gasteiger partial charge in [-0.05, 0) is 25.7 Å². The first-order valence-electron chi connectivity index (χ1n) is 16.0. The van der Waals surface area contributed by atoms with Crippen LogP contribution in [0.15, 0.2) is 0 Å². The van der Waals surface area contributed by atoms with Gasteiger partial charge in [0.25, 0.3) is 0 Å². The molecule has 3 heteroatoms. The van der Waals surface area contributed by atoms with Crippen LogP contribution in [0.4, 0.5) is 0 Å². The summed E-state index contributed by atoms with van der Waals surface area (Å²) in [5.74, 6) is 0. The fourth-order valence-corrected chi connectivity index (χ4v) is 5.12. The maximum atomic E-state index is 2.46. The second-order valence-corrected chi connectivity index (χ2v) is 13.8. The topological polar surface area (TPSA) is 0 Å². The van der Waals surface area contributed by atoms with Crippen molar-refractivity contribution in [3.8, 4) is 0 Å². The van der Waals surface area contributed by atoms with Crippen molar-refractivity contribution in [2.24, 2.45) is 0 Å². The summed E-state index contributed by atoms with van der Waals surface area (Å²) < 4.78 is 3.54. The molecule has 0 saturated carbocycles. The van der Waals surface area contributed by atoms with Crippen LogP contribution in [-0.4, -0.2) is 95.0 Å². The fraction of sp³-hybridized carbons (Fsp3) is 1.00. The van der Waals surface area contributed by atoms with E-state index in [0.717, 1.165) is 0 Å². The number of rotatable bonds is 26. The Morgan fingerprint density at radius 2 is 0.457 bits per heavy atom. The lowest BCUT2D eigenvalue weighted by Crippen LogP contribution is -2.55. The highest BCUT2D eigenvalue weighted by Gasteiger charge is 2.26. The summed E-state index contributed by atoms with van der Waals surface area (Å²) in [6.45, 7) is 12.5. The minimum absolute atomic E-state index is 1.17. The van der Waals surface area contributed by atoms with Gasteiger partial charge in [-0.25, -0.2) is 0 Å². The molecule has 0 unspecified atom stereocenters.